The number of hydrogen-bond acceptors (Lipinski definition) is 4. The molecule has 3 N–H and O–H groups in total. The molecule has 16 heavy (non-hydrogen) atoms. The van der Waals surface area contributed by atoms with Crippen LogP contribution in [0.3, 0.4) is 0 Å². The number of hydrogen-bond donors (Lipinski definition) is 3. The van der Waals surface area contributed by atoms with Gasteiger partial charge in [-0.3, -0.25) is 0 Å². The van der Waals surface area contributed by atoms with E-state index < -0.39 is 5.41 Å². The molecule has 0 bridgehead atoms. The highest BCUT2D eigenvalue weighted by Gasteiger charge is 2.24. The topological polar surface area (TPSA) is 63.9 Å². The van der Waals surface area contributed by atoms with Crippen LogP contribution in [0.4, 0.5) is 0 Å². The molecule has 4 nitrogen and oxygen atoms in total. The van der Waals surface area contributed by atoms with E-state index in [1.165, 1.54) is 19.6 Å². The first-order valence-corrected chi connectivity index (χ1v) is 6.14. The predicted molar refractivity (Wildman–Crippen MR) is 67.4 cm³/mol. The van der Waals surface area contributed by atoms with Crippen LogP contribution in [0.5, 0.6) is 0 Å². The van der Waals surface area contributed by atoms with Crippen LogP contribution in [0.1, 0.15) is 34.1 Å². The standard InChI is InChI=1S/C6H15N.C6H14O3/c1-4-7(5-2)6-3;1-2-6(3-7,4-8)5-9/h4-6H2,1-3H3;7-9H,2-5H2,1H3. The summed E-state index contributed by atoms with van der Waals surface area (Å²) < 4.78 is 0. The van der Waals surface area contributed by atoms with Gasteiger partial charge in [0.15, 0.2) is 0 Å². The zero-order chi connectivity index (χ0) is 13.0. The van der Waals surface area contributed by atoms with E-state index in [0.29, 0.717) is 6.42 Å². The first-order valence-electron chi connectivity index (χ1n) is 6.14. The summed E-state index contributed by atoms with van der Waals surface area (Å²) in [7, 11) is 0. The average Bonchev–Trinajstić information content (AvgIpc) is 2.36. The lowest BCUT2D eigenvalue weighted by Crippen LogP contribution is -2.32. The van der Waals surface area contributed by atoms with Crippen LogP contribution in [-0.4, -0.2) is 59.7 Å². The second-order valence-corrected chi connectivity index (χ2v) is 3.95. The highest BCUT2D eigenvalue weighted by atomic mass is 16.3. The zero-order valence-corrected chi connectivity index (χ0v) is 11.2. The molecule has 0 fully saturated rings. The number of aliphatic hydroxyl groups excluding tert-OH is 3. The molecule has 0 aromatic rings. The first kappa shape index (κ1) is 18.2. The zero-order valence-electron chi connectivity index (χ0n) is 11.2. The van der Waals surface area contributed by atoms with Crippen LogP contribution in [0.15, 0.2) is 0 Å². The Hall–Kier alpha value is -0.160. The van der Waals surface area contributed by atoms with Crippen molar-refractivity contribution < 1.29 is 15.3 Å². The Morgan fingerprint density at radius 3 is 1.06 bits per heavy atom. The second kappa shape index (κ2) is 11.3. The van der Waals surface area contributed by atoms with E-state index in [0.717, 1.165) is 0 Å². The van der Waals surface area contributed by atoms with Crippen molar-refractivity contribution in [2.45, 2.75) is 34.1 Å². The number of aliphatic hydroxyl groups is 3. The lowest BCUT2D eigenvalue weighted by atomic mass is 9.88. The van der Waals surface area contributed by atoms with E-state index in [-0.39, 0.29) is 19.8 Å². The Kier molecular flexibility index (Phi) is 12.9. The third kappa shape index (κ3) is 7.17. The van der Waals surface area contributed by atoms with Crippen molar-refractivity contribution in [2.75, 3.05) is 39.5 Å². The normalized spacial score (nSPS) is 11.2. The maximum absolute atomic E-state index is 8.66. The van der Waals surface area contributed by atoms with Crippen molar-refractivity contribution in [1.82, 2.24) is 4.90 Å². The summed E-state index contributed by atoms with van der Waals surface area (Å²) >= 11 is 0. The average molecular weight is 235 g/mol. The fourth-order valence-electron chi connectivity index (χ4n) is 1.16. The molecular formula is C12H29NO3. The minimum atomic E-state index is -0.667. The van der Waals surface area contributed by atoms with Gasteiger partial charge in [-0.1, -0.05) is 27.7 Å². The predicted octanol–water partition coefficient (Wildman–Crippen LogP) is 0.708. The third-order valence-corrected chi connectivity index (χ3v) is 3.10. The first-order chi connectivity index (χ1) is 7.59. The van der Waals surface area contributed by atoms with E-state index in [4.69, 9.17) is 15.3 Å². The maximum atomic E-state index is 8.66. The monoisotopic (exact) mass is 235 g/mol. The molecule has 0 aromatic heterocycles. The van der Waals surface area contributed by atoms with Crippen LogP contribution < -0.4 is 0 Å². The summed E-state index contributed by atoms with van der Waals surface area (Å²) in [5.74, 6) is 0. The van der Waals surface area contributed by atoms with Gasteiger partial charge in [0.05, 0.1) is 19.8 Å². The Bertz CT molecular complexity index is 111. The molecule has 0 aliphatic rings. The Balaban J connectivity index is 0. The highest BCUT2D eigenvalue weighted by molar-refractivity contribution is 4.74. The fraction of sp³-hybridized carbons (Fsp3) is 1.00. The van der Waals surface area contributed by atoms with E-state index in [9.17, 15) is 0 Å². The van der Waals surface area contributed by atoms with Crippen molar-refractivity contribution in [2.24, 2.45) is 5.41 Å². The summed E-state index contributed by atoms with van der Waals surface area (Å²) in [4.78, 5) is 2.38. The maximum Gasteiger partial charge on any atom is 0.0531 e. The van der Waals surface area contributed by atoms with Crippen molar-refractivity contribution in [3.05, 3.63) is 0 Å². The van der Waals surface area contributed by atoms with E-state index in [2.05, 4.69) is 25.7 Å². The summed E-state index contributed by atoms with van der Waals surface area (Å²) in [5.41, 5.74) is -0.667. The van der Waals surface area contributed by atoms with Gasteiger partial charge < -0.3 is 20.2 Å². The minimum absolute atomic E-state index is 0.156. The van der Waals surface area contributed by atoms with Gasteiger partial charge in [-0.25, -0.2) is 0 Å². The molecule has 0 aromatic carbocycles. The van der Waals surface area contributed by atoms with Gasteiger partial charge in [-0.2, -0.15) is 0 Å². The summed E-state index contributed by atoms with van der Waals surface area (Å²) in [6, 6.07) is 0. The van der Waals surface area contributed by atoms with Crippen molar-refractivity contribution >= 4 is 0 Å². The summed E-state index contributed by atoms with van der Waals surface area (Å²) in [5, 5.41) is 26.0. The molecule has 0 rings (SSSR count). The van der Waals surface area contributed by atoms with Gasteiger partial charge in [0.1, 0.15) is 0 Å². The summed E-state index contributed by atoms with van der Waals surface area (Å²) in [6.07, 6.45) is 0.594. The molecule has 0 radical (unpaired) electrons. The van der Waals surface area contributed by atoms with Crippen molar-refractivity contribution in [3.63, 3.8) is 0 Å². The van der Waals surface area contributed by atoms with Crippen molar-refractivity contribution in [3.8, 4) is 0 Å². The van der Waals surface area contributed by atoms with Gasteiger partial charge in [-0.15, -0.1) is 0 Å². The molecule has 0 saturated heterocycles. The molecule has 4 heteroatoms. The molecule has 0 aliphatic carbocycles. The van der Waals surface area contributed by atoms with Crippen molar-refractivity contribution in [1.29, 1.82) is 0 Å². The highest BCUT2D eigenvalue weighted by Crippen LogP contribution is 2.18. The molecule has 100 valence electrons. The third-order valence-electron chi connectivity index (χ3n) is 3.10. The fourth-order valence-corrected chi connectivity index (χ4v) is 1.16. The SMILES string of the molecule is CCC(CO)(CO)CO.CCN(CC)CC. The van der Waals surface area contributed by atoms with E-state index >= 15 is 0 Å². The van der Waals surface area contributed by atoms with Gasteiger partial charge in [-0.05, 0) is 26.1 Å². The molecule has 0 aliphatic heterocycles. The molecule has 0 atom stereocenters. The van der Waals surface area contributed by atoms with Gasteiger partial charge in [0.25, 0.3) is 0 Å². The Labute approximate surface area is 99.9 Å². The van der Waals surface area contributed by atoms with Gasteiger partial charge in [0.2, 0.25) is 0 Å². The molecule has 0 heterocycles. The van der Waals surface area contributed by atoms with Crippen LogP contribution in [-0.2, 0) is 0 Å². The molecule has 0 unspecified atom stereocenters. The Morgan fingerprint density at radius 1 is 0.750 bits per heavy atom. The van der Waals surface area contributed by atoms with E-state index in [1.807, 2.05) is 6.92 Å². The lowest BCUT2D eigenvalue weighted by Gasteiger charge is -2.24. The number of nitrogens with zero attached hydrogens (tertiary/aromatic N) is 1. The molecular weight excluding hydrogens is 206 g/mol. The summed E-state index contributed by atoms with van der Waals surface area (Å²) in [6.45, 7) is 11.5. The van der Waals surface area contributed by atoms with Gasteiger partial charge >= 0.3 is 0 Å². The molecule has 0 saturated carbocycles. The van der Waals surface area contributed by atoms with E-state index in [1.54, 1.807) is 0 Å². The number of rotatable bonds is 7. The lowest BCUT2D eigenvalue weighted by molar-refractivity contribution is 0.00304. The minimum Gasteiger partial charge on any atom is -0.396 e. The Morgan fingerprint density at radius 2 is 1.06 bits per heavy atom. The quantitative estimate of drug-likeness (QED) is 0.608. The van der Waals surface area contributed by atoms with Crippen LogP contribution in [0.2, 0.25) is 0 Å². The molecule has 0 spiro atoms. The van der Waals surface area contributed by atoms with Crippen LogP contribution in [0, 0.1) is 5.41 Å². The van der Waals surface area contributed by atoms with Crippen LogP contribution >= 0.6 is 0 Å². The second-order valence-electron chi connectivity index (χ2n) is 3.95. The van der Waals surface area contributed by atoms with Crippen LogP contribution in [0.25, 0.3) is 0 Å². The van der Waals surface area contributed by atoms with Gasteiger partial charge in [0, 0.05) is 5.41 Å². The largest absolute Gasteiger partial charge is 0.396 e. The smallest absolute Gasteiger partial charge is 0.0531 e. The molecule has 0 amide bonds.